The summed E-state index contributed by atoms with van der Waals surface area (Å²) in [5, 5.41) is 20.2. The van der Waals surface area contributed by atoms with Crippen molar-refractivity contribution in [1.82, 2.24) is 4.90 Å². The van der Waals surface area contributed by atoms with Crippen LogP contribution in [0.25, 0.3) is 0 Å². The maximum atomic E-state index is 14.3. The molecule has 7 nitrogen and oxygen atoms in total. The number of aliphatic hydroxyl groups is 1. The number of anilines is 1. The largest absolute Gasteiger partial charge is 0.481 e. The minimum atomic E-state index is -1.03. The van der Waals surface area contributed by atoms with Crippen LogP contribution in [-0.2, 0) is 9.59 Å². The molecule has 168 valence electrons. The zero-order valence-corrected chi connectivity index (χ0v) is 18.6. The topological polar surface area (TPSA) is 107 Å². The Morgan fingerprint density at radius 1 is 1.37 bits per heavy atom. The summed E-state index contributed by atoms with van der Waals surface area (Å²) >= 11 is 5.97. The van der Waals surface area contributed by atoms with E-state index in [1.54, 1.807) is 13.8 Å². The van der Waals surface area contributed by atoms with E-state index in [1.165, 1.54) is 23.1 Å². The van der Waals surface area contributed by atoms with E-state index in [0.717, 1.165) is 0 Å². The molecule has 30 heavy (non-hydrogen) atoms. The molecule has 0 aliphatic carbocycles. The van der Waals surface area contributed by atoms with Gasteiger partial charge in [-0.05, 0) is 44.4 Å². The molecule has 1 aliphatic heterocycles. The number of carboxylic acids is 1. The number of nitrogens with two attached hydrogens (primary N) is 1. The molecule has 1 amide bonds. The lowest BCUT2D eigenvalue weighted by Gasteiger charge is -2.47. The lowest BCUT2D eigenvalue weighted by molar-refractivity contribution is -0.144. The van der Waals surface area contributed by atoms with Crippen molar-refractivity contribution >= 4 is 29.2 Å². The van der Waals surface area contributed by atoms with E-state index < -0.39 is 35.4 Å². The molecule has 1 aliphatic rings. The van der Waals surface area contributed by atoms with Crippen molar-refractivity contribution < 1.29 is 24.2 Å². The van der Waals surface area contributed by atoms with Crippen LogP contribution in [0.2, 0.25) is 5.02 Å². The van der Waals surface area contributed by atoms with Crippen LogP contribution in [-0.4, -0.2) is 64.3 Å². The van der Waals surface area contributed by atoms with Crippen LogP contribution < -0.4 is 10.6 Å². The molecule has 3 atom stereocenters. The van der Waals surface area contributed by atoms with Crippen LogP contribution >= 0.6 is 11.6 Å². The molecule has 0 aromatic heterocycles. The molecule has 0 unspecified atom stereocenters. The van der Waals surface area contributed by atoms with Gasteiger partial charge in [0.1, 0.15) is 5.82 Å². The zero-order valence-electron chi connectivity index (χ0n) is 17.8. The number of carboxylic acid groups (broad SMARTS) is 1. The molecule has 1 fully saturated rings. The van der Waals surface area contributed by atoms with Gasteiger partial charge in [-0.3, -0.25) is 14.5 Å². The fraction of sp³-hybridized carbons (Fsp3) is 0.619. The normalized spacial score (nSPS) is 20.3. The number of hydrogen-bond donors (Lipinski definition) is 3. The summed E-state index contributed by atoms with van der Waals surface area (Å²) in [6.07, 6.45) is -0.987. The van der Waals surface area contributed by atoms with E-state index in [-0.39, 0.29) is 43.6 Å². The Kier molecular flexibility index (Phi) is 7.85. The quantitative estimate of drug-likeness (QED) is 0.569. The highest BCUT2D eigenvalue weighted by Gasteiger charge is 2.40. The van der Waals surface area contributed by atoms with Crippen LogP contribution in [0.3, 0.4) is 0 Å². The maximum absolute atomic E-state index is 14.3. The summed E-state index contributed by atoms with van der Waals surface area (Å²) in [5.74, 6) is -2.65. The molecular formula is C21H31ClFN3O4. The summed E-state index contributed by atoms with van der Waals surface area (Å²) in [4.78, 5) is 27.4. The first-order chi connectivity index (χ1) is 13.8. The zero-order chi connectivity index (χ0) is 22.8. The molecule has 1 aromatic rings. The van der Waals surface area contributed by atoms with Crippen molar-refractivity contribution in [1.29, 1.82) is 0 Å². The molecule has 0 spiro atoms. The van der Waals surface area contributed by atoms with E-state index in [0.29, 0.717) is 5.02 Å². The Hall–Kier alpha value is -1.74. The summed E-state index contributed by atoms with van der Waals surface area (Å²) in [6.45, 7) is 7.79. The second kappa shape index (κ2) is 9.60. The monoisotopic (exact) mass is 443 g/mol. The standard InChI is InChI=1S/C21H31ClFN3O4/c1-12(2)14(20(29)30)8-18(27)16(24)9-25-10-19(28)26(11-21(25,3)4)17-7-13(22)5-6-15(17)23/h5-7,12,14,16,18,27H,8-11,24H2,1-4H3,(H,29,30)/t14-,16-,18-/m0/s1. The van der Waals surface area contributed by atoms with Crippen molar-refractivity contribution in [3.05, 3.63) is 29.0 Å². The highest BCUT2D eigenvalue weighted by molar-refractivity contribution is 6.31. The molecule has 4 N–H and O–H groups in total. The molecule has 0 saturated carbocycles. The van der Waals surface area contributed by atoms with Gasteiger partial charge in [-0.2, -0.15) is 0 Å². The van der Waals surface area contributed by atoms with Gasteiger partial charge >= 0.3 is 5.97 Å². The average molecular weight is 444 g/mol. The second-order valence-corrected chi connectivity index (χ2v) is 9.36. The number of aliphatic hydroxyl groups excluding tert-OH is 1. The van der Waals surface area contributed by atoms with E-state index in [4.69, 9.17) is 17.3 Å². The number of piperazine rings is 1. The van der Waals surface area contributed by atoms with Gasteiger partial charge in [-0.1, -0.05) is 25.4 Å². The van der Waals surface area contributed by atoms with Gasteiger partial charge in [0.05, 0.1) is 24.3 Å². The fourth-order valence-electron chi connectivity index (χ4n) is 3.73. The SMILES string of the molecule is CC(C)[C@H](C[C@H](O)[C@@H](N)CN1CC(=O)N(c2cc(Cl)ccc2F)CC1(C)C)C(=O)O. The van der Waals surface area contributed by atoms with E-state index >= 15 is 0 Å². The number of nitrogens with zero attached hydrogens (tertiary/aromatic N) is 2. The van der Waals surface area contributed by atoms with Crippen molar-refractivity contribution in [2.24, 2.45) is 17.6 Å². The first-order valence-corrected chi connectivity index (χ1v) is 10.4. The van der Waals surface area contributed by atoms with Crippen molar-refractivity contribution in [2.75, 3.05) is 24.5 Å². The second-order valence-electron chi connectivity index (χ2n) is 8.92. The number of carbonyl (C=O) groups excluding carboxylic acids is 1. The van der Waals surface area contributed by atoms with Gasteiger partial charge in [0.2, 0.25) is 5.91 Å². The maximum Gasteiger partial charge on any atom is 0.306 e. The fourth-order valence-corrected chi connectivity index (χ4v) is 3.90. The minimum Gasteiger partial charge on any atom is -0.481 e. The number of aliphatic carboxylic acids is 1. The van der Waals surface area contributed by atoms with Gasteiger partial charge < -0.3 is 20.8 Å². The summed E-state index contributed by atoms with van der Waals surface area (Å²) in [5.41, 5.74) is 5.75. The Morgan fingerprint density at radius 2 is 2.00 bits per heavy atom. The van der Waals surface area contributed by atoms with Crippen LogP contribution in [0.15, 0.2) is 18.2 Å². The first-order valence-electron chi connectivity index (χ1n) is 10.0. The first kappa shape index (κ1) is 24.5. The molecular weight excluding hydrogens is 413 g/mol. The van der Waals surface area contributed by atoms with Gasteiger partial charge in [0, 0.05) is 29.7 Å². The number of rotatable bonds is 8. The molecule has 9 heteroatoms. The number of amides is 1. The molecule has 1 aromatic carbocycles. The lowest BCUT2D eigenvalue weighted by atomic mass is 9.87. The number of hydrogen-bond acceptors (Lipinski definition) is 5. The Bertz CT molecular complexity index is 790. The van der Waals surface area contributed by atoms with Crippen molar-refractivity contribution in [3.8, 4) is 0 Å². The lowest BCUT2D eigenvalue weighted by Crippen LogP contribution is -2.64. The van der Waals surface area contributed by atoms with E-state index in [9.17, 15) is 24.2 Å². The van der Waals surface area contributed by atoms with Crippen LogP contribution in [0, 0.1) is 17.7 Å². The van der Waals surface area contributed by atoms with E-state index in [1.807, 2.05) is 18.7 Å². The van der Waals surface area contributed by atoms with Gasteiger partial charge in [-0.15, -0.1) is 0 Å². The Balaban J connectivity index is 2.10. The highest BCUT2D eigenvalue weighted by Crippen LogP contribution is 2.30. The average Bonchev–Trinajstić information content (AvgIpc) is 2.63. The molecule has 2 rings (SSSR count). The van der Waals surface area contributed by atoms with Gasteiger partial charge in [-0.25, -0.2) is 4.39 Å². The van der Waals surface area contributed by atoms with Gasteiger partial charge in [0.25, 0.3) is 0 Å². The molecule has 0 radical (unpaired) electrons. The van der Waals surface area contributed by atoms with Crippen LogP contribution in [0.1, 0.15) is 34.1 Å². The summed E-state index contributed by atoms with van der Waals surface area (Å²) in [7, 11) is 0. The third-order valence-electron chi connectivity index (χ3n) is 5.77. The molecule has 0 bridgehead atoms. The number of carbonyl (C=O) groups is 2. The smallest absolute Gasteiger partial charge is 0.306 e. The third-order valence-corrected chi connectivity index (χ3v) is 6.01. The predicted molar refractivity (Wildman–Crippen MR) is 114 cm³/mol. The minimum absolute atomic E-state index is 0.00802. The Labute approximate surface area is 181 Å². The van der Waals surface area contributed by atoms with Crippen molar-refractivity contribution in [2.45, 2.75) is 51.8 Å². The number of benzene rings is 1. The van der Waals surface area contributed by atoms with Crippen molar-refractivity contribution in [3.63, 3.8) is 0 Å². The number of halogens is 2. The summed E-state index contributed by atoms with van der Waals surface area (Å²) < 4.78 is 14.3. The predicted octanol–water partition coefficient (Wildman–Crippen LogP) is 2.34. The van der Waals surface area contributed by atoms with Crippen LogP contribution in [0.4, 0.5) is 10.1 Å². The molecule has 1 heterocycles. The third kappa shape index (κ3) is 5.69. The molecule has 1 saturated heterocycles. The van der Waals surface area contributed by atoms with Crippen LogP contribution in [0.5, 0.6) is 0 Å². The van der Waals surface area contributed by atoms with Gasteiger partial charge in [0.15, 0.2) is 0 Å². The Morgan fingerprint density at radius 3 is 2.57 bits per heavy atom. The highest BCUT2D eigenvalue weighted by atomic mass is 35.5. The summed E-state index contributed by atoms with van der Waals surface area (Å²) in [6, 6.07) is 3.35. The van der Waals surface area contributed by atoms with E-state index in [2.05, 4.69) is 0 Å².